The van der Waals surface area contributed by atoms with Crippen molar-refractivity contribution in [3.8, 4) is 5.75 Å². The Bertz CT molecular complexity index is 551. The molecule has 126 valence electrons. The lowest BCUT2D eigenvalue weighted by Crippen LogP contribution is -2.41. The van der Waals surface area contributed by atoms with Crippen molar-refractivity contribution in [2.24, 2.45) is 5.92 Å². The number of nitrogens with one attached hydrogen (secondary N) is 2. The molecule has 0 radical (unpaired) electrons. The van der Waals surface area contributed by atoms with Crippen molar-refractivity contribution in [3.05, 3.63) is 24.3 Å². The summed E-state index contributed by atoms with van der Waals surface area (Å²) in [6, 6.07) is 7.02. The number of rotatable bonds is 5. The fourth-order valence-electron chi connectivity index (χ4n) is 2.76. The molecule has 1 aliphatic rings. The summed E-state index contributed by atoms with van der Waals surface area (Å²) in [5.41, 5.74) is 0.623. The molecule has 0 aromatic heterocycles. The van der Waals surface area contributed by atoms with E-state index in [1.807, 2.05) is 32.0 Å². The van der Waals surface area contributed by atoms with Crippen LogP contribution in [-0.4, -0.2) is 29.3 Å². The zero-order valence-corrected chi connectivity index (χ0v) is 13.5. The van der Waals surface area contributed by atoms with Gasteiger partial charge in [0.05, 0.1) is 17.7 Å². The third-order valence-corrected chi connectivity index (χ3v) is 3.91. The average Bonchev–Trinajstić information content (AvgIpc) is 2.49. The molecule has 0 saturated heterocycles. The highest BCUT2D eigenvalue weighted by atomic mass is 16.5. The van der Waals surface area contributed by atoms with Crippen LogP contribution in [0.2, 0.25) is 0 Å². The molecule has 6 heteroatoms. The SMILES string of the molecule is CC(C)Oc1ccccc1NC(=O)NC1CCC(C(=O)O)CC1. The molecule has 1 aliphatic carbocycles. The molecule has 0 bridgehead atoms. The lowest BCUT2D eigenvalue weighted by Gasteiger charge is -2.27. The molecule has 1 saturated carbocycles. The first kappa shape index (κ1) is 17.1. The van der Waals surface area contributed by atoms with Gasteiger partial charge >= 0.3 is 12.0 Å². The first-order chi connectivity index (χ1) is 11.0. The van der Waals surface area contributed by atoms with Gasteiger partial charge in [0.25, 0.3) is 0 Å². The quantitative estimate of drug-likeness (QED) is 0.777. The van der Waals surface area contributed by atoms with E-state index < -0.39 is 5.97 Å². The highest BCUT2D eigenvalue weighted by Crippen LogP contribution is 2.26. The first-order valence-corrected chi connectivity index (χ1v) is 8.01. The van der Waals surface area contributed by atoms with E-state index in [1.165, 1.54) is 0 Å². The summed E-state index contributed by atoms with van der Waals surface area (Å²) in [4.78, 5) is 23.1. The van der Waals surface area contributed by atoms with E-state index in [-0.39, 0.29) is 24.1 Å². The van der Waals surface area contributed by atoms with Gasteiger partial charge in [-0.3, -0.25) is 4.79 Å². The summed E-state index contributed by atoms with van der Waals surface area (Å²) >= 11 is 0. The van der Waals surface area contributed by atoms with Crippen LogP contribution >= 0.6 is 0 Å². The molecule has 0 heterocycles. The number of benzene rings is 1. The molecule has 3 N–H and O–H groups in total. The summed E-state index contributed by atoms with van der Waals surface area (Å²) in [5, 5.41) is 14.7. The standard InChI is InChI=1S/C17H24N2O4/c1-11(2)23-15-6-4-3-5-14(15)19-17(22)18-13-9-7-12(8-10-13)16(20)21/h3-6,11-13H,7-10H2,1-2H3,(H,20,21)(H2,18,19,22). The number of carboxylic acid groups (broad SMARTS) is 1. The molecule has 0 atom stereocenters. The van der Waals surface area contributed by atoms with Crippen molar-refractivity contribution in [2.45, 2.75) is 51.7 Å². The van der Waals surface area contributed by atoms with E-state index in [4.69, 9.17) is 9.84 Å². The van der Waals surface area contributed by atoms with Crippen LogP contribution in [0.15, 0.2) is 24.3 Å². The Balaban J connectivity index is 1.87. The number of amides is 2. The van der Waals surface area contributed by atoms with Gasteiger partial charge in [-0.1, -0.05) is 12.1 Å². The summed E-state index contributed by atoms with van der Waals surface area (Å²) in [6.07, 6.45) is 2.61. The van der Waals surface area contributed by atoms with Crippen molar-refractivity contribution >= 4 is 17.7 Å². The third-order valence-electron chi connectivity index (χ3n) is 3.91. The number of carboxylic acids is 1. The van der Waals surface area contributed by atoms with Gasteiger partial charge < -0.3 is 20.5 Å². The summed E-state index contributed by atoms with van der Waals surface area (Å²) in [6.45, 7) is 3.86. The monoisotopic (exact) mass is 320 g/mol. The lowest BCUT2D eigenvalue weighted by atomic mass is 9.86. The number of hydrogen-bond donors (Lipinski definition) is 3. The molecule has 6 nitrogen and oxygen atoms in total. The largest absolute Gasteiger partial charge is 0.489 e. The van der Waals surface area contributed by atoms with Crippen molar-refractivity contribution < 1.29 is 19.4 Å². The minimum atomic E-state index is -0.743. The van der Waals surface area contributed by atoms with Crippen LogP contribution in [0.5, 0.6) is 5.75 Å². The predicted octanol–water partition coefficient (Wildman–Crippen LogP) is 3.24. The van der Waals surface area contributed by atoms with Gasteiger partial charge in [0.15, 0.2) is 0 Å². The number of aliphatic carboxylic acids is 1. The normalized spacial score (nSPS) is 20.8. The Labute approximate surface area is 136 Å². The van der Waals surface area contributed by atoms with Crippen LogP contribution in [0, 0.1) is 5.92 Å². The second kappa shape index (κ2) is 7.85. The minimum Gasteiger partial charge on any atom is -0.489 e. The van der Waals surface area contributed by atoms with E-state index in [2.05, 4.69) is 10.6 Å². The van der Waals surface area contributed by atoms with Crippen LogP contribution in [0.25, 0.3) is 0 Å². The van der Waals surface area contributed by atoms with Crippen molar-refractivity contribution in [1.29, 1.82) is 0 Å². The molecular formula is C17H24N2O4. The fraction of sp³-hybridized carbons (Fsp3) is 0.529. The van der Waals surface area contributed by atoms with E-state index >= 15 is 0 Å². The zero-order chi connectivity index (χ0) is 16.8. The maximum atomic E-state index is 12.1. The Morgan fingerprint density at radius 2 is 1.83 bits per heavy atom. The molecule has 2 amide bonds. The smallest absolute Gasteiger partial charge is 0.319 e. The highest BCUT2D eigenvalue weighted by Gasteiger charge is 2.26. The third kappa shape index (κ3) is 5.16. The van der Waals surface area contributed by atoms with Gasteiger partial charge in [0.2, 0.25) is 0 Å². The van der Waals surface area contributed by atoms with Crippen LogP contribution in [0.1, 0.15) is 39.5 Å². The highest BCUT2D eigenvalue weighted by molar-refractivity contribution is 5.91. The maximum Gasteiger partial charge on any atom is 0.319 e. The van der Waals surface area contributed by atoms with Gasteiger partial charge in [0, 0.05) is 6.04 Å². The topological polar surface area (TPSA) is 87.7 Å². The molecule has 23 heavy (non-hydrogen) atoms. The van der Waals surface area contributed by atoms with Crippen LogP contribution in [0.4, 0.5) is 10.5 Å². The van der Waals surface area contributed by atoms with E-state index in [9.17, 15) is 9.59 Å². The maximum absolute atomic E-state index is 12.1. The van der Waals surface area contributed by atoms with Crippen LogP contribution in [-0.2, 0) is 4.79 Å². The minimum absolute atomic E-state index is 0.0174. The molecule has 0 unspecified atom stereocenters. The lowest BCUT2D eigenvalue weighted by molar-refractivity contribution is -0.142. The Hall–Kier alpha value is -2.24. The van der Waals surface area contributed by atoms with Crippen LogP contribution in [0.3, 0.4) is 0 Å². The van der Waals surface area contributed by atoms with Gasteiger partial charge in [-0.25, -0.2) is 4.79 Å². The van der Waals surface area contributed by atoms with E-state index in [0.29, 0.717) is 37.1 Å². The van der Waals surface area contributed by atoms with Crippen molar-refractivity contribution in [3.63, 3.8) is 0 Å². The van der Waals surface area contributed by atoms with Crippen molar-refractivity contribution in [1.82, 2.24) is 5.32 Å². The number of carbonyl (C=O) groups excluding carboxylic acids is 1. The molecule has 0 aliphatic heterocycles. The molecule has 2 rings (SSSR count). The van der Waals surface area contributed by atoms with Gasteiger partial charge in [-0.2, -0.15) is 0 Å². The second-order valence-electron chi connectivity index (χ2n) is 6.15. The average molecular weight is 320 g/mol. The number of anilines is 1. The zero-order valence-electron chi connectivity index (χ0n) is 13.5. The molecule has 1 aromatic carbocycles. The number of ether oxygens (including phenoxy) is 1. The molecule has 1 aromatic rings. The van der Waals surface area contributed by atoms with Gasteiger partial charge in [-0.15, -0.1) is 0 Å². The van der Waals surface area contributed by atoms with Gasteiger partial charge in [0.1, 0.15) is 5.75 Å². The second-order valence-corrected chi connectivity index (χ2v) is 6.15. The van der Waals surface area contributed by atoms with Crippen LogP contribution < -0.4 is 15.4 Å². The van der Waals surface area contributed by atoms with Gasteiger partial charge in [-0.05, 0) is 51.7 Å². The first-order valence-electron chi connectivity index (χ1n) is 8.01. The Morgan fingerprint density at radius 3 is 2.43 bits per heavy atom. The predicted molar refractivity (Wildman–Crippen MR) is 87.7 cm³/mol. The summed E-state index contributed by atoms with van der Waals surface area (Å²) in [5.74, 6) is -0.392. The van der Waals surface area contributed by atoms with E-state index in [1.54, 1.807) is 6.07 Å². The molecule has 1 fully saturated rings. The number of para-hydroxylation sites is 2. The Kier molecular flexibility index (Phi) is 5.84. The fourth-order valence-corrected chi connectivity index (χ4v) is 2.76. The number of carbonyl (C=O) groups is 2. The number of urea groups is 1. The number of hydrogen-bond acceptors (Lipinski definition) is 3. The summed E-state index contributed by atoms with van der Waals surface area (Å²) < 4.78 is 5.67. The summed E-state index contributed by atoms with van der Waals surface area (Å²) in [7, 11) is 0. The molecular weight excluding hydrogens is 296 g/mol. The Morgan fingerprint density at radius 1 is 1.17 bits per heavy atom. The van der Waals surface area contributed by atoms with Crippen molar-refractivity contribution in [2.75, 3.05) is 5.32 Å². The van der Waals surface area contributed by atoms with E-state index in [0.717, 1.165) is 0 Å². The molecule has 0 spiro atoms.